The van der Waals surface area contributed by atoms with E-state index in [1.165, 1.54) is 0 Å². The van der Waals surface area contributed by atoms with E-state index in [1.54, 1.807) is 26.2 Å². The first kappa shape index (κ1) is 22.0. The first-order valence-electron chi connectivity index (χ1n) is 11.6. The third kappa shape index (κ3) is 3.90. The molecule has 1 spiro atoms. The number of hydrogen-bond acceptors (Lipinski definition) is 3. The van der Waals surface area contributed by atoms with Gasteiger partial charge in [-0.2, -0.15) is 0 Å². The predicted octanol–water partition coefficient (Wildman–Crippen LogP) is 6.03. The van der Waals surface area contributed by atoms with E-state index in [1.807, 2.05) is 18.3 Å². The molecule has 2 aliphatic rings. The molecule has 3 aromatic rings. The minimum absolute atomic E-state index is 0.0247. The van der Waals surface area contributed by atoms with E-state index in [4.69, 9.17) is 4.74 Å². The van der Waals surface area contributed by atoms with Crippen LogP contribution >= 0.6 is 0 Å². The Bertz CT molecular complexity index is 1190. The Kier molecular flexibility index (Phi) is 5.24. The first-order valence-corrected chi connectivity index (χ1v) is 11.6. The lowest BCUT2D eigenvalue weighted by Gasteiger charge is -2.56. The van der Waals surface area contributed by atoms with Crippen molar-refractivity contribution in [3.8, 4) is 5.75 Å². The van der Waals surface area contributed by atoms with Gasteiger partial charge < -0.3 is 14.8 Å². The summed E-state index contributed by atoms with van der Waals surface area (Å²) < 4.78 is 20.3. The van der Waals surface area contributed by atoms with Crippen molar-refractivity contribution in [2.45, 2.75) is 57.8 Å². The molecule has 174 valence electrons. The number of aromatic carboxylic acids is 1. The van der Waals surface area contributed by atoms with Gasteiger partial charge in [0.15, 0.2) is 0 Å². The maximum atomic E-state index is 14.5. The van der Waals surface area contributed by atoms with Gasteiger partial charge in [-0.15, -0.1) is 0 Å². The summed E-state index contributed by atoms with van der Waals surface area (Å²) in [4.78, 5) is 17.2. The van der Waals surface area contributed by atoms with Crippen LogP contribution in [0.1, 0.15) is 65.7 Å². The molecule has 1 aliphatic heterocycles. The number of alkyl halides is 1. The van der Waals surface area contributed by atoms with E-state index in [0.29, 0.717) is 19.4 Å². The summed E-state index contributed by atoms with van der Waals surface area (Å²) in [5, 5.41) is 10.5. The number of H-pyrrole nitrogens is 1. The molecule has 2 aromatic carbocycles. The average molecular weight is 451 g/mol. The SMILES string of the molecule is COc1cc(C)c2[nH]ccc2c1CN1CC[C@]2(C[C@@H]1c1ccc(C(=O)O)cc1)C[C@@](C)(F)C2. The van der Waals surface area contributed by atoms with E-state index in [2.05, 4.69) is 28.9 Å². The molecule has 1 saturated carbocycles. The van der Waals surface area contributed by atoms with Crippen LogP contribution in [-0.2, 0) is 6.54 Å². The second-order valence-corrected chi connectivity index (χ2v) is 10.3. The van der Waals surface area contributed by atoms with Crippen molar-refractivity contribution in [3.63, 3.8) is 0 Å². The van der Waals surface area contributed by atoms with Gasteiger partial charge in [-0.3, -0.25) is 4.90 Å². The van der Waals surface area contributed by atoms with Gasteiger partial charge in [0.25, 0.3) is 0 Å². The van der Waals surface area contributed by atoms with Gasteiger partial charge in [-0.25, -0.2) is 9.18 Å². The number of nitrogens with zero attached hydrogens (tertiary/aromatic N) is 1. The maximum Gasteiger partial charge on any atom is 0.335 e. The van der Waals surface area contributed by atoms with Gasteiger partial charge in [0.05, 0.1) is 12.7 Å². The molecule has 1 saturated heterocycles. The molecule has 5 rings (SSSR count). The Morgan fingerprint density at radius 1 is 1.27 bits per heavy atom. The third-order valence-corrected chi connectivity index (χ3v) is 7.72. The number of carbonyl (C=O) groups is 1. The number of ether oxygens (including phenoxy) is 1. The Labute approximate surface area is 193 Å². The Morgan fingerprint density at radius 2 is 2.00 bits per heavy atom. The number of nitrogens with one attached hydrogen (secondary N) is 1. The van der Waals surface area contributed by atoms with Crippen LogP contribution in [0.25, 0.3) is 10.9 Å². The van der Waals surface area contributed by atoms with E-state index >= 15 is 0 Å². The summed E-state index contributed by atoms with van der Waals surface area (Å²) in [5.74, 6) is -0.0511. The first-order chi connectivity index (χ1) is 15.7. The standard InChI is InChI=1S/C27H31FN2O3/c1-17-12-23(33-3)21(20-8-10-29-24(17)20)14-30-11-9-27(15-26(2,28)16-27)13-22(30)18-4-6-19(7-5-18)25(31)32/h4-8,10,12,22,29H,9,11,13-16H2,1-3H3,(H,31,32)/t22-,26-,27+/m1/s1. The van der Waals surface area contributed by atoms with E-state index in [9.17, 15) is 14.3 Å². The van der Waals surface area contributed by atoms with Crippen molar-refractivity contribution in [1.29, 1.82) is 0 Å². The summed E-state index contributed by atoms with van der Waals surface area (Å²) in [6, 6.07) is 11.5. The van der Waals surface area contributed by atoms with Gasteiger partial charge in [0, 0.05) is 35.2 Å². The van der Waals surface area contributed by atoms with Crippen LogP contribution in [0.5, 0.6) is 5.75 Å². The number of hydrogen-bond donors (Lipinski definition) is 2. The van der Waals surface area contributed by atoms with Crippen molar-refractivity contribution in [1.82, 2.24) is 9.88 Å². The molecular weight excluding hydrogens is 419 g/mol. The molecule has 33 heavy (non-hydrogen) atoms. The molecule has 2 heterocycles. The lowest BCUT2D eigenvalue weighted by Crippen LogP contribution is -2.53. The second kappa shape index (κ2) is 7.87. The Morgan fingerprint density at radius 3 is 2.64 bits per heavy atom. The largest absolute Gasteiger partial charge is 0.496 e. The topological polar surface area (TPSA) is 65.6 Å². The zero-order valence-corrected chi connectivity index (χ0v) is 19.5. The number of carboxylic acid groups (broad SMARTS) is 1. The smallest absolute Gasteiger partial charge is 0.335 e. The lowest BCUT2D eigenvalue weighted by atomic mass is 9.55. The highest BCUT2D eigenvalue weighted by molar-refractivity contribution is 5.88. The number of halogens is 1. The predicted molar refractivity (Wildman–Crippen MR) is 127 cm³/mol. The number of aromatic nitrogens is 1. The summed E-state index contributed by atoms with van der Waals surface area (Å²) in [5.41, 5.74) is 3.73. The molecule has 6 heteroatoms. The monoisotopic (exact) mass is 450 g/mol. The summed E-state index contributed by atoms with van der Waals surface area (Å²) >= 11 is 0. The van der Waals surface area contributed by atoms with Crippen LogP contribution in [-0.4, -0.2) is 40.3 Å². The molecule has 1 atom stereocenters. The fourth-order valence-corrected chi connectivity index (χ4v) is 6.36. The second-order valence-electron chi connectivity index (χ2n) is 10.3. The summed E-state index contributed by atoms with van der Waals surface area (Å²) in [6.45, 7) is 5.37. The van der Waals surface area contributed by atoms with Crippen LogP contribution in [0, 0.1) is 12.3 Å². The van der Waals surface area contributed by atoms with Crippen molar-refractivity contribution in [2.75, 3.05) is 13.7 Å². The van der Waals surface area contributed by atoms with Crippen molar-refractivity contribution in [3.05, 3.63) is 64.8 Å². The quantitative estimate of drug-likeness (QED) is 0.498. The minimum atomic E-state index is -1.07. The maximum absolute atomic E-state index is 14.5. The number of methoxy groups -OCH3 is 1. The van der Waals surface area contributed by atoms with Crippen molar-refractivity contribution < 1.29 is 19.0 Å². The number of aromatic amines is 1. The number of likely N-dealkylation sites (tertiary alicyclic amines) is 1. The molecule has 0 unspecified atom stereocenters. The highest BCUT2D eigenvalue weighted by Crippen LogP contribution is 2.60. The number of piperidine rings is 1. The van der Waals surface area contributed by atoms with Gasteiger partial charge in [-0.05, 0) is 86.9 Å². The van der Waals surface area contributed by atoms with Crippen LogP contribution in [0.3, 0.4) is 0 Å². The van der Waals surface area contributed by atoms with Gasteiger partial charge in [0.2, 0.25) is 0 Å². The fraction of sp³-hybridized carbons (Fsp3) is 0.444. The normalized spacial score (nSPS) is 27.6. The molecule has 1 aromatic heterocycles. The van der Waals surface area contributed by atoms with Gasteiger partial charge >= 0.3 is 5.97 Å². The number of fused-ring (bicyclic) bond motifs is 1. The van der Waals surface area contributed by atoms with Crippen molar-refractivity contribution in [2.24, 2.45) is 5.41 Å². The molecule has 1 aliphatic carbocycles. The lowest BCUT2D eigenvalue weighted by molar-refractivity contribution is -0.106. The molecule has 0 radical (unpaired) electrons. The average Bonchev–Trinajstić information content (AvgIpc) is 3.26. The number of aryl methyl sites for hydroxylation is 1. The van der Waals surface area contributed by atoms with E-state index in [0.717, 1.165) is 52.7 Å². The van der Waals surface area contributed by atoms with E-state index in [-0.39, 0.29) is 17.0 Å². The zero-order chi connectivity index (χ0) is 23.4. The molecular formula is C27H31FN2O3. The van der Waals surface area contributed by atoms with Gasteiger partial charge in [-0.1, -0.05) is 12.1 Å². The van der Waals surface area contributed by atoms with Crippen LogP contribution in [0.4, 0.5) is 4.39 Å². The number of benzene rings is 2. The van der Waals surface area contributed by atoms with Crippen LogP contribution < -0.4 is 4.74 Å². The van der Waals surface area contributed by atoms with Crippen LogP contribution in [0.15, 0.2) is 42.6 Å². The summed E-state index contributed by atoms with van der Waals surface area (Å²) in [6.07, 6.45) is 5.02. The Balaban J connectivity index is 1.50. The number of carboxylic acids is 1. The zero-order valence-electron chi connectivity index (χ0n) is 19.5. The highest BCUT2D eigenvalue weighted by atomic mass is 19.1. The third-order valence-electron chi connectivity index (χ3n) is 7.72. The molecule has 5 nitrogen and oxygen atoms in total. The summed E-state index contributed by atoms with van der Waals surface area (Å²) in [7, 11) is 1.71. The minimum Gasteiger partial charge on any atom is -0.496 e. The molecule has 2 N–H and O–H groups in total. The van der Waals surface area contributed by atoms with Crippen LogP contribution in [0.2, 0.25) is 0 Å². The molecule has 0 bridgehead atoms. The molecule has 0 amide bonds. The molecule has 2 fully saturated rings. The van der Waals surface area contributed by atoms with Crippen molar-refractivity contribution >= 4 is 16.9 Å². The number of rotatable bonds is 5. The Hall–Kier alpha value is -2.86. The highest BCUT2D eigenvalue weighted by Gasteiger charge is 2.55. The van der Waals surface area contributed by atoms with Gasteiger partial charge in [0.1, 0.15) is 11.4 Å². The van der Waals surface area contributed by atoms with E-state index < -0.39 is 11.6 Å². The fourth-order valence-electron chi connectivity index (χ4n) is 6.36.